The fraction of sp³-hybridized carbons (Fsp3) is 0.800. The summed E-state index contributed by atoms with van der Waals surface area (Å²) >= 11 is 0. The number of carbonyl (C=O) groups excluding carboxylic acids is 2. The molecule has 0 bridgehead atoms. The van der Waals surface area contributed by atoms with Crippen LogP contribution >= 0.6 is 0 Å². The smallest absolute Gasteiger partial charge is 0.310 e. The Morgan fingerprint density at radius 3 is 1.65 bits per heavy atom. The normalized spacial score (nSPS) is 11.4. The van der Waals surface area contributed by atoms with Gasteiger partial charge in [0.05, 0.1) is 7.11 Å². The van der Waals surface area contributed by atoms with E-state index in [1.54, 1.807) is 0 Å². The van der Waals surface area contributed by atoms with Gasteiger partial charge in [-0.15, -0.1) is 6.58 Å². The minimum Gasteiger partial charge on any atom is -0.469 e. The van der Waals surface area contributed by atoms with E-state index >= 15 is 0 Å². The average Bonchev–Trinajstić information content (AvgIpc) is 2.84. The van der Waals surface area contributed by atoms with Gasteiger partial charge in [-0.1, -0.05) is 90.0 Å². The fourth-order valence-corrected chi connectivity index (χ4v) is 4.05. The summed E-state index contributed by atoms with van der Waals surface area (Å²) in [5.41, 5.74) is 0. The third kappa shape index (κ3) is 23.6. The van der Waals surface area contributed by atoms with Crippen molar-refractivity contribution in [2.24, 2.45) is 0 Å². The zero-order valence-corrected chi connectivity index (χ0v) is 22.6. The standard InChI is InChI=1S/C30H54O4/c1-4-6-8-10-12-14-18-23-27-30(32)34-28(24-20-16-13-11-9-7-5-2)25-21-17-15-19-22-26-29(31)33-3/h4,24H,1,5-23,25-27H2,2-3H3/b28-24+. The summed E-state index contributed by atoms with van der Waals surface area (Å²) in [6.45, 7) is 6.00. The largest absolute Gasteiger partial charge is 0.469 e. The van der Waals surface area contributed by atoms with Crippen LogP contribution in [0.15, 0.2) is 24.5 Å². The van der Waals surface area contributed by atoms with Crippen molar-refractivity contribution in [2.75, 3.05) is 7.11 Å². The van der Waals surface area contributed by atoms with Gasteiger partial charge in [0.2, 0.25) is 0 Å². The molecule has 0 aromatic rings. The van der Waals surface area contributed by atoms with Crippen molar-refractivity contribution in [3.63, 3.8) is 0 Å². The predicted octanol–water partition coefficient (Wildman–Crippen LogP) is 9.37. The van der Waals surface area contributed by atoms with Gasteiger partial charge < -0.3 is 9.47 Å². The van der Waals surface area contributed by atoms with Crippen LogP contribution in [0.1, 0.15) is 148 Å². The third-order valence-corrected chi connectivity index (χ3v) is 6.25. The summed E-state index contributed by atoms with van der Waals surface area (Å²) in [5.74, 6) is 0.677. The van der Waals surface area contributed by atoms with E-state index < -0.39 is 0 Å². The van der Waals surface area contributed by atoms with E-state index in [0.717, 1.165) is 70.0 Å². The molecule has 0 saturated carbocycles. The molecule has 0 aliphatic rings. The molecule has 0 radical (unpaired) electrons. The lowest BCUT2D eigenvalue weighted by Crippen LogP contribution is -2.05. The highest BCUT2D eigenvalue weighted by molar-refractivity contribution is 5.70. The predicted molar refractivity (Wildman–Crippen MR) is 144 cm³/mol. The average molecular weight is 479 g/mol. The van der Waals surface area contributed by atoms with Crippen molar-refractivity contribution >= 4 is 11.9 Å². The van der Waals surface area contributed by atoms with E-state index in [9.17, 15) is 9.59 Å². The molecule has 0 saturated heterocycles. The van der Waals surface area contributed by atoms with Crippen LogP contribution in [0.4, 0.5) is 0 Å². The first-order chi connectivity index (χ1) is 16.6. The van der Waals surface area contributed by atoms with E-state index in [0.29, 0.717) is 12.8 Å². The summed E-state index contributed by atoms with van der Waals surface area (Å²) in [7, 11) is 1.44. The first-order valence-corrected chi connectivity index (χ1v) is 14.2. The summed E-state index contributed by atoms with van der Waals surface area (Å²) in [4.78, 5) is 23.6. The fourth-order valence-electron chi connectivity index (χ4n) is 4.05. The Kier molecular flexibility index (Phi) is 24.8. The van der Waals surface area contributed by atoms with E-state index in [-0.39, 0.29) is 11.9 Å². The number of rotatable bonds is 25. The highest BCUT2D eigenvalue weighted by atomic mass is 16.5. The molecule has 0 rings (SSSR count). The van der Waals surface area contributed by atoms with Gasteiger partial charge in [-0.25, -0.2) is 0 Å². The third-order valence-electron chi connectivity index (χ3n) is 6.25. The molecule has 0 unspecified atom stereocenters. The van der Waals surface area contributed by atoms with Gasteiger partial charge in [0.25, 0.3) is 0 Å². The number of hydrogen-bond acceptors (Lipinski definition) is 4. The van der Waals surface area contributed by atoms with Gasteiger partial charge in [-0.3, -0.25) is 9.59 Å². The number of unbranched alkanes of at least 4 members (excludes halogenated alkanes) is 16. The van der Waals surface area contributed by atoms with Crippen LogP contribution in [0.25, 0.3) is 0 Å². The lowest BCUT2D eigenvalue weighted by atomic mass is 10.1. The second-order valence-corrected chi connectivity index (χ2v) is 9.49. The van der Waals surface area contributed by atoms with Gasteiger partial charge in [0.1, 0.15) is 5.76 Å². The molecule has 34 heavy (non-hydrogen) atoms. The quantitative estimate of drug-likeness (QED) is 0.0567. The molecule has 198 valence electrons. The van der Waals surface area contributed by atoms with E-state index in [1.807, 2.05) is 6.08 Å². The van der Waals surface area contributed by atoms with Crippen molar-refractivity contribution in [2.45, 2.75) is 148 Å². The zero-order valence-electron chi connectivity index (χ0n) is 22.6. The molecule has 0 heterocycles. The van der Waals surface area contributed by atoms with Crippen molar-refractivity contribution in [1.82, 2.24) is 0 Å². The van der Waals surface area contributed by atoms with Crippen LogP contribution in [0, 0.1) is 0 Å². The molecule has 0 fully saturated rings. The number of methoxy groups -OCH3 is 1. The SMILES string of the molecule is C=CCCCCCCCCC(=O)O/C(=C/CCCCCCCC)CCCCCCCC(=O)OC. The van der Waals surface area contributed by atoms with Gasteiger partial charge in [0.15, 0.2) is 0 Å². The van der Waals surface area contributed by atoms with Crippen LogP contribution in [0.5, 0.6) is 0 Å². The monoisotopic (exact) mass is 478 g/mol. The maximum Gasteiger partial charge on any atom is 0.310 e. The van der Waals surface area contributed by atoms with Crippen LogP contribution in [0.3, 0.4) is 0 Å². The van der Waals surface area contributed by atoms with Gasteiger partial charge in [-0.2, -0.15) is 0 Å². The molecule has 4 heteroatoms. The van der Waals surface area contributed by atoms with Crippen molar-refractivity contribution in [3.05, 3.63) is 24.5 Å². The summed E-state index contributed by atoms with van der Waals surface area (Å²) in [5, 5.41) is 0. The highest BCUT2D eigenvalue weighted by Crippen LogP contribution is 2.17. The Balaban J connectivity index is 4.18. The molecule has 0 aromatic carbocycles. The molecule has 0 aromatic heterocycles. The van der Waals surface area contributed by atoms with Gasteiger partial charge in [0, 0.05) is 19.3 Å². The summed E-state index contributed by atoms with van der Waals surface area (Å²) in [6, 6.07) is 0. The maximum atomic E-state index is 12.4. The van der Waals surface area contributed by atoms with Crippen molar-refractivity contribution in [1.29, 1.82) is 0 Å². The van der Waals surface area contributed by atoms with Crippen LogP contribution in [0.2, 0.25) is 0 Å². The Hall–Kier alpha value is -1.58. The number of ether oxygens (including phenoxy) is 2. The Morgan fingerprint density at radius 1 is 0.618 bits per heavy atom. The van der Waals surface area contributed by atoms with Gasteiger partial charge in [-0.05, 0) is 51.0 Å². The van der Waals surface area contributed by atoms with Crippen molar-refractivity contribution in [3.8, 4) is 0 Å². The number of hydrogen-bond donors (Lipinski definition) is 0. The molecule has 0 N–H and O–H groups in total. The molecule has 0 aliphatic heterocycles. The van der Waals surface area contributed by atoms with Crippen LogP contribution in [-0.2, 0) is 19.1 Å². The molecular formula is C30H54O4. The Bertz CT molecular complexity index is 524. The van der Waals surface area contributed by atoms with Crippen LogP contribution < -0.4 is 0 Å². The van der Waals surface area contributed by atoms with E-state index in [1.165, 1.54) is 71.3 Å². The Morgan fingerprint density at radius 2 is 1.09 bits per heavy atom. The first kappa shape index (κ1) is 32.4. The van der Waals surface area contributed by atoms with E-state index in [4.69, 9.17) is 4.74 Å². The van der Waals surface area contributed by atoms with E-state index in [2.05, 4.69) is 24.3 Å². The lowest BCUT2D eigenvalue weighted by Gasteiger charge is -2.10. The lowest BCUT2D eigenvalue weighted by molar-refractivity contribution is -0.141. The molecule has 0 amide bonds. The number of allylic oxidation sites excluding steroid dienone is 3. The van der Waals surface area contributed by atoms with Crippen molar-refractivity contribution < 1.29 is 19.1 Å². The minimum atomic E-state index is -0.125. The highest BCUT2D eigenvalue weighted by Gasteiger charge is 2.08. The molecule has 0 spiro atoms. The minimum absolute atomic E-state index is 0.0704. The molecule has 0 atom stereocenters. The molecule has 4 nitrogen and oxygen atoms in total. The molecule has 0 aliphatic carbocycles. The topological polar surface area (TPSA) is 52.6 Å². The second kappa shape index (κ2) is 26.0. The second-order valence-electron chi connectivity index (χ2n) is 9.49. The number of carbonyl (C=O) groups is 2. The maximum absolute atomic E-state index is 12.4. The molecular weight excluding hydrogens is 424 g/mol. The first-order valence-electron chi connectivity index (χ1n) is 14.2. The zero-order chi connectivity index (χ0) is 25.1. The summed E-state index contributed by atoms with van der Waals surface area (Å²) in [6.07, 6.45) is 27.9. The van der Waals surface area contributed by atoms with Crippen LogP contribution in [-0.4, -0.2) is 19.0 Å². The van der Waals surface area contributed by atoms with Gasteiger partial charge >= 0.3 is 11.9 Å². The number of esters is 2. The Labute approximate surface area is 210 Å². The summed E-state index contributed by atoms with van der Waals surface area (Å²) < 4.78 is 10.5.